The summed E-state index contributed by atoms with van der Waals surface area (Å²) < 4.78 is 19.6. The third kappa shape index (κ3) is 5.97. The summed E-state index contributed by atoms with van der Waals surface area (Å²) in [5.74, 6) is 2.75. The number of rotatable bonds is 9. The maximum absolute atomic E-state index is 5.30. The molecule has 0 aliphatic carbocycles. The molecule has 4 heteroatoms. The van der Waals surface area contributed by atoms with Crippen molar-refractivity contribution in [3.8, 4) is 17.2 Å². The molecule has 3 rings (SSSR count). The summed E-state index contributed by atoms with van der Waals surface area (Å²) >= 11 is -1.86. The van der Waals surface area contributed by atoms with Crippen molar-refractivity contribution in [3.63, 3.8) is 0 Å². The molecule has 0 fully saturated rings. The standard InChI is InChI=1S/3C8H9O.Bi/c3*1-7-3-5-8(9-2)6-4-7;/h3*3-6H,1H2,2H3;. The first-order chi connectivity index (χ1) is 13.7. The van der Waals surface area contributed by atoms with Crippen molar-refractivity contribution in [1.82, 2.24) is 0 Å². The fraction of sp³-hybridized carbons (Fsp3) is 0.250. The average Bonchev–Trinajstić information content (AvgIpc) is 2.75. The van der Waals surface area contributed by atoms with Crippen LogP contribution in [-0.2, 0) is 12.4 Å². The Hall–Kier alpha value is -2.06. The van der Waals surface area contributed by atoms with Crippen LogP contribution in [0.4, 0.5) is 0 Å². The number of hydrogen-bond acceptors (Lipinski definition) is 3. The Morgan fingerprint density at radius 3 is 0.929 bits per heavy atom. The Balaban J connectivity index is 1.76. The molecule has 0 bridgehead atoms. The van der Waals surface area contributed by atoms with E-state index in [9.17, 15) is 0 Å². The van der Waals surface area contributed by atoms with Gasteiger partial charge in [0.25, 0.3) is 0 Å². The van der Waals surface area contributed by atoms with Crippen molar-refractivity contribution in [1.29, 1.82) is 0 Å². The fourth-order valence-corrected chi connectivity index (χ4v) is 12.9. The molecule has 3 aromatic rings. The van der Waals surface area contributed by atoms with Crippen molar-refractivity contribution in [2.75, 3.05) is 21.3 Å². The second-order valence-electron chi connectivity index (χ2n) is 6.69. The van der Waals surface area contributed by atoms with Crippen molar-refractivity contribution < 1.29 is 14.2 Å². The Labute approximate surface area is 175 Å². The van der Waals surface area contributed by atoms with E-state index in [1.54, 1.807) is 21.3 Å². The SMILES string of the molecule is COc1ccc([CH2][Bi]([CH2]c2ccc(OC)cc2)[CH2]c2ccc(OC)cc2)cc1. The number of ether oxygens (including phenoxy) is 3. The Morgan fingerprint density at radius 2 is 0.714 bits per heavy atom. The van der Waals surface area contributed by atoms with Crippen molar-refractivity contribution in [3.05, 3.63) is 89.5 Å². The normalized spacial score (nSPS) is 10.7. The van der Waals surface area contributed by atoms with Gasteiger partial charge >= 0.3 is 176 Å². The van der Waals surface area contributed by atoms with E-state index in [2.05, 4.69) is 72.8 Å². The van der Waals surface area contributed by atoms with Crippen LogP contribution in [0.5, 0.6) is 17.2 Å². The van der Waals surface area contributed by atoms with Crippen LogP contribution in [0.1, 0.15) is 16.7 Å². The first-order valence-electron chi connectivity index (χ1n) is 9.31. The van der Waals surface area contributed by atoms with E-state index in [1.807, 2.05) is 0 Å². The summed E-state index contributed by atoms with van der Waals surface area (Å²) in [6.07, 6.45) is 0. The van der Waals surface area contributed by atoms with E-state index in [1.165, 1.54) is 29.1 Å². The monoisotopic (exact) mass is 572 g/mol. The predicted octanol–water partition coefficient (Wildman–Crippen LogP) is 4.85. The summed E-state index contributed by atoms with van der Waals surface area (Å²) in [6, 6.07) is 25.7. The molecule has 0 atom stereocenters. The molecule has 0 amide bonds. The molecule has 28 heavy (non-hydrogen) atoms. The summed E-state index contributed by atoms with van der Waals surface area (Å²) in [7, 11) is 5.14. The first-order valence-corrected chi connectivity index (χ1v) is 16.7. The van der Waals surface area contributed by atoms with Gasteiger partial charge in [-0.3, -0.25) is 0 Å². The number of hydrogen-bond donors (Lipinski definition) is 0. The zero-order valence-electron chi connectivity index (χ0n) is 16.7. The average molecular weight is 572 g/mol. The first kappa shape index (κ1) is 20.7. The van der Waals surface area contributed by atoms with Gasteiger partial charge in [0.1, 0.15) is 0 Å². The molecule has 0 unspecified atom stereocenters. The van der Waals surface area contributed by atoms with Crippen LogP contribution in [-0.4, -0.2) is 43.1 Å². The second kappa shape index (κ2) is 10.5. The number of benzene rings is 3. The molecular formula is C24H27BiO3. The molecule has 0 saturated heterocycles. The van der Waals surface area contributed by atoms with Gasteiger partial charge in [0.15, 0.2) is 0 Å². The molecule has 3 aromatic carbocycles. The maximum atomic E-state index is 5.30. The van der Waals surface area contributed by atoms with Gasteiger partial charge < -0.3 is 0 Å². The quantitative estimate of drug-likeness (QED) is 0.344. The Kier molecular flexibility index (Phi) is 7.74. The summed E-state index contributed by atoms with van der Waals surface area (Å²) in [4.78, 5) is 0. The van der Waals surface area contributed by atoms with Crippen LogP contribution >= 0.6 is 0 Å². The molecule has 0 spiro atoms. The minimum atomic E-state index is -1.86. The molecule has 0 aliphatic heterocycles. The van der Waals surface area contributed by atoms with E-state index < -0.39 is 21.8 Å². The van der Waals surface area contributed by atoms with Gasteiger partial charge in [-0.05, 0) is 0 Å². The Bertz CT molecular complexity index is 725. The molecular weight excluding hydrogens is 545 g/mol. The van der Waals surface area contributed by atoms with Crippen molar-refractivity contribution >= 4 is 21.8 Å². The van der Waals surface area contributed by atoms with Crippen molar-refractivity contribution in [2.24, 2.45) is 0 Å². The van der Waals surface area contributed by atoms with E-state index in [4.69, 9.17) is 14.2 Å². The zero-order valence-corrected chi connectivity index (χ0v) is 20.2. The van der Waals surface area contributed by atoms with Crippen LogP contribution in [0.25, 0.3) is 0 Å². The predicted molar refractivity (Wildman–Crippen MR) is 116 cm³/mol. The summed E-state index contributed by atoms with van der Waals surface area (Å²) in [5.41, 5.74) is 4.25. The Morgan fingerprint density at radius 1 is 0.464 bits per heavy atom. The van der Waals surface area contributed by atoms with Gasteiger partial charge in [-0.15, -0.1) is 0 Å². The molecule has 0 aromatic heterocycles. The summed E-state index contributed by atoms with van der Waals surface area (Å²) in [5, 5.41) is 0. The second-order valence-corrected chi connectivity index (χ2v) is 15.6. The molecule has 0 N–H and O–H groups in total. The van der Waals surface area contributed by atoms with E-state index in [0.29, 0.717) is 0 Å². The number of methoxy groups -OCH3 is 3. The summed E-state index contributed by atoms with van der Waals surface area (Å²) in [6.45, 7) is 0. The van der Waals surface area contributed by atoms with Crippen molar-refractivity contribution in [2.45, 2.75) is 12.4 Å². The van der Waals surface area contributed by atoms with Crippen LogP contribution in [0.15, 0.2) is 72.8 Å². The third-order valence-electron chi connectivity index (χ3n) is 4.70. The zero-order chi connectivity index (χ0) is 19.8. The minimum absolute atomic E-state index is 0.917. The van der Waals surface area contributed by atoms with Crippen LogP contribution in [0.2, 0.25) is 0 Å². The van der Waals surface area contributed by atoms with E-state index >= 15 is 0 Å². The van der Waals surface area contributed by atoms with Gasteiger partial charge in [0.05, 0.1) is 0 Å². The molecule has 0 saturated carbocycles. The molecule has 0 aliphatic rings. The van der Waals surface area contributed by atoms with E-state index in [-0.39, 0.29) is 0 Å². The topological polar surface area (TPSA) is 27.7 Å². The van der Waals surface area contributed by atoms with E-state index in [0.717, 1.165) is 17.2 Å². The van der Waals surface area contributed by atoms with Gasteiger partial charge in [-0.25, -0.2) is 0 Å². The molecule has 3 nitrogen and oxygen atoms in total. The molecule has 0 radical (unpaired) electrons. The third-order valence-corrected chi connectivity index (χ3v) is 14.2. The van der Waals surface area contributed by atoms with Crippen LogP contribution < -0.4 is 14.2 Å². The van der Waals surface area contributed by atoms with Gasteiger partial charge in [-0.1, -0.05) is 0 Å². The van der Waals surface area contributed by atoms with Gasteiger partial charge in [-0.2, -0.15) is 0 Å². The molecule has 146 valence electrons. The van der Waals surface area contributed by atoms with Crippen LogP contribution in [0, 0.1) is 0 Å². The fourth-order valence-electron chi connectivity index (χ4n) is 3.14. The van der Waals surface area contributed by atoms with Gasteiger partial charge in [0.2, 0.25) is 0 Å². The van der Waals surface area contributed by atoms with Gasteiger partial charge in [0, 0.05) is 0 Å². The van der Waals surface area contributed by atoms with Crippen LogP contribution in [0.3, 0.4) is 0 Å². The molecule has 0 heterocycles.